The Morgan fingerprint density at radius 2 is 1.68 bits per heavy atom. The number of hydrogen-bond donors (Lipinski definition) is 3. The number of nitrogens with one attached hydrogen (secondary N) is 1. The lowest BCUT2D eigenvalue weighted by Crippen LogP contribution is -2.20. The van der Waals surface area contributed by atoms with Crippen LogP contribution in [0.15, 0.2) is 50.6 Å². The van der Waals surface area contributed by atoms with Crippen molar-refractivity contribution in [2.45, 2.75) is 19.8 Å². The molecule has 2 amide bonds. The highest BCUT2D eigenvalue weighted by Crippen LogP contribution is 1.88. The number of amides is 2. The van der Waals surface area contributed by atoms with E-state index in [0.717, 1.165) is 25.0 Å². The number of nitriles is 1. The van der Waals surface area contributed by atoms with Gasteiger partial charge in [0.1, 0.15) is 6.73 Å². The number of aliphatic hydroxyl groups excluding tert-OH is 1. The van der Waals surface area contributed by atoms with Gasteiger partial charge >= 0.3 is 5.97 Å². The van der Waals surface area contributed by atoms with Crippen molar-refractivity contribution >= 4 is 17.8 Å². The molecule has 0 aromatic rings. The first-order chi connectivity index (χ1) is 11.8. The number of rotatable bonds is 7. The van der Waals surface area contributed by atoms with Crippen LogP contribution in [0, 0.1) is 11.3 Å². The molecule has 0 fully saturated rings. The summed E-state index contributed by atoms with van der Waals surface area (Å²) in [7, 11) is 0. The monoisotopic (exact) mass is 353 g/mol. The molecule has 0 bridgehead atoms. The SMILES string of the molecule is C=CC#N.C=CC(=O)NCO.C=CC(=O)OCCCC.C=CC(N)=O. The molecule has 0 aromatic carbocycles. The Hall–Kier alpha value is -3.18. The summed E-state index contributed by atoms with van der Waals surface area (Å²) in [6.07, 6.45) is 6.48. The van der Waals surface area contributed by atoms with Gasteiger partial charge in [0.05, 0.1) is 12.7 Å². The number of nitrogens with zero attached hydrogens (tertiary/aromatic N) is 1. The molecule has 0 aliphatic carbocycles. The van der Waals surface area contributed by atoms with E-state index < -0.39 is 5.91 Å². The number of hydrogen-bond acceptors (Lipinski definition) is 6. The van der Waals surface area contributed by atoms with Gasteiger partial charge in [-0.1, -0.05) is 39.7 Å². The van der Waals surface area contributed by atoms with Crippen LogP contribution in [0.4, 0.5) is 0 Å². The van der Waals surface area contributed by atoms with Gasteiger partial charge in [-0.3, -0.25) is 9.59 Å². The van der Waals surface area contributed by atoms with Gasteiger partial charge in [0, 0.05) is 12.2 Å². The second-order valence-corrected chi connectivity index (χ2v) is 3.57. The maximum Gasteiger partial charge on any atom is 0.330 e. The molecular weight excluding hydrogens is 326 g/mol. The van der Waals surface area contributed by atoms with Crippen molar-refractivity contribution in [3.8, 4) is 6.07 Å². The third-order valence-electron chi connectivity index (χ3n) is 1.64. The minimum atomic E-state index is -0.481. The van der Waals surface area contributed by atoms with Crippen LogP contribution >= 0.6 is 0 Å². The van der Waals surface area contributed by atoms with E-state index in [9.17, 15) is 14.4 Å². The zero-order valence-electron chi connectivity index (χ0n) is 14.6. The lowest BCUT2D eigenvalue weighted by Gasteiger charge is -1.97. The molecule has 0 aliphatic heterocycles. The summed E-state index contributed by atoms with van der Waals surface area (Å²) in [6.45, 7) is 14.9. The lowest BCUT2D eigenvalue weighted by atomic mass is 10.4. The van der Waals surface area contributed by atoms with Crippen LogP contribution in [0.3, 0.4) is 0 Å². The van der Waals surface area contributed by atoms with E-state index >= 15 is 0 Å². The largest absolute Gasteiger partial charge is 0.463 e. The molecule has 0 aliphatic rings. The van der Waals surface area contributed by atoms with Crippen LogP contribution in [-0.4, -0.2) is 36.2 Å². The molecule has 0 rings (SSSR count). The van der Waals surface area contributed by atoms with Gasteiger partial charge in [-0.25, -0.2) is 4.79 Å². The Kier molecular flexibility index (Phi) is 34.4. The minimum absolute atomic E-state index is 0.329. The summed E-state index contributed by atoms with van der Waals surface area (Å²) in [6, 6.07) is 1.69. The molecule has 0 saturated heterocycles. The van der Waals surface area contributed by atoms with E-state index in [1.807, 2.05) is 6.92 Å². The standard InChI is InChI=1S/C7H12O2.C4H7NO2.C3H5NO.C3H3N/c1-3-5-6-9-7(8)4-2;1-2-4(7)5-3-6;1-2-3(4)5;1-2-3-4/h4H,2-3,5-6H2,1H3;2,6H,1,3H2,(H,5,7);2H,1H2,(H2,4,5);2H,1H2. The molecular formula is C17H27N3O5. The summed E-state index contributed by atoms with van der Waals surface area (Å²) < 4.78 is 4.67. The first-order valence-corrected chi connectivity index (χ1v) is 7.03. The maximum absolute atomic E-state index is 10.3. The average Bonchev–Trinajstić information content (AvgIpc) is 2.63. The number of primary amides is 1. The second kappa shape index (κ2) is 28.9. The molecule has 0 radical (unpaired) electrons. The Balaban J connectivity index is -0.000000123. The molecule has 8 nitrogen and oxygen atoms in total. The van der Waals surface area contributed by atoms with Crippen molar-refractivity contribution in [3.63, 3.8) is 0 Å². The van der Waals surface area contributed by atoms with E-state index in [1.165, 1.54) is 12.2 Å². The summed E-state index contributed by atoms with van der Waals surface area (Å²) in [4.78, 5) is 29.8. The van der Waals surface area contributed by atoms with Crippen LogP contribution in [0.2, 0.25) is 0 Å². The smallest absolute Gasteiger partial charge is 0.330 e. The molecule has 0 saturated carbocycles. The van der Waals surface area contributed by atoms with Crippen LogP contribution in [0.1, 0.15) is 19.8 Å². The van der Waals surface area contributed by atoms with E-state index in [1.54, 1.807) is 6.07 Å². The zero-order chi connectivity index (χ0) is 20.5. The van der Waals surface area contributed by atoms with Crippen molar-refractivity contribution in [2.24, 2.45) is 5.73 Å². The van der Waals surface area contributed by atoms with E-state index in [4.69, 9.17) is 10.4 Å². The van der Waals surface area contributed by atoms with Crippen LogP contribution in [0.5, 0.6) is 0 Å². The number of carbonyl (C=O) groups excluding carboxylic acids is 3. The quantitative estimate of drug-likeness (QED) is 0.206. The molecule has 0 unspecified atom stereocenters. The molecule has 0 aromatic heterocycles. The fourth-order valence-corrected chi connectivity index (χ4v) is 0.526. The van der Waals surface area contributed by atoms with Crippen molar-refractivity contribution < 1.29 is 24.2 Å². The highest BCUT2D eigenvalue weighted by atomic mass is 16.5. The maximum atomic E-state index is 10.3. The van der Waals surface area contributed by atoms with Crippen molar-refractivity contribution in [3.05, 3.63) is 50.6 Å². The third-order valence-corrected chi connectivity index (χ3v) is 1.64. The molecule has 25 heavy (non-hydrogen) atoms. The van der Waals surface area contributed by atoms with Gasteiger partial charge in [0.2, 0.25) is 11.8 Å². The van der Waals surface area contributed by atoms with Gasteiger partial charge in [0.25, 0.3) is 0 Å². The van der Waals surface area contributed by atoms with Crippen LogP contribution < -0.4 is 11.1 Å². The number of esters is 1. The van der Waals surface area contributed by atoms with E-state index in [-0.39, 0.29) is 18.6 Å². The Morgan fingerprint density at radius 1 is 1.20 bits per heavy atom. The molecule has 0 atom stereocenters. The van der Waals surface area contributed by atoms with Crippen molar-refractivity contribution in [2.75, 3.05) is 13.3 Å². The van der Waals surface area contributed by atoms with E-state index in [2.05, 4.69) is 42.1 Å². The molecule has 0 spiro atoms. The van der Waals surface area contributed by atoms with Gasteiger partial charge in [-0.15, -0.1) is 0 Å². The first kappa shape index (κ1) is 29.8. The van der Waals surface area contributed by atoms with Gasteiger partial charge < -0.3 is 20.9 Å². The number of allylic oxidation sites excluding steroid dienone is 1. The lowest BCUT2D eigenvalue weighted by molar-refractivity contribution is -0.137. The highest BCUT2D eigenvalue weighted by molar-refractivity contribution is 5.86. The Morgan fingerprint density at radius 3 is 1.88 bits per heavy atom. The normalized spacial score (nSPS) is 7.08. The topological polar surface area (TPSA) is 143 Å². The van der Waals surface area contributed by atoms with Crippen molar-refractivity contribution in [1.82, 2.24) is 5.32 Å². The minimum Gasteiger partial charge on any atom is -0.463 e. The first-order valence-electron chi connectivity index (χ1n) is 7.03. The summed E-state index contributed by atoms with van der Waals surface area (Å²) >= 11 is 0. The van der Waals surface area contributed by atoms with Crippen LogP contribution in [-0.2, 0) is 19.1 Å². The average molecular weight is 353 g/mol. The Bertz CT molecular complexity index is 454. The van der Waals surface area contributed by atoms with Crippen LogP contribution in [0.25, 0.3) is 0 Å². The van der Waals surface area contributed by atoms with Gasteiger partial charge in [-0.2, -0.15) is 5.26 Å². The number of carbonyl (C=O) groups is 3. The zero-order valence-corrected chi connectivity index (χ0v) is 14.6. The second-order valence-electron chi connectivity index (χ2n) is 3.57. The fraction of sp³-hybridized carbons (Fsp3) is 0.294. The van der Waals surface area contributed by atoms with E-state index in [0.29, 0.717) is 6.61 Å². The fourth-order valence-electron chi connectivity index (χ4n) is 0.526. The number of ether oxygens (including phenoxy) is 1. The van der Waals surface area contributed by atoms with Gasteiger partial charge in [-0.05, 0) is 18.6 Å². The third kappa shape index (κ3) is 52.8. The summed E-state index contributed by atoms with van der Waals surface area (Å²) in [5, 5.41) is 17.6. The predicted octanol–water partition coefficient (Wildman–Crippen LogP) is 1.11. The number of unbranched alkanes of at least 4 members (excludes halogenated alkanes) is 1. The molecule has 4 N–H and O–H groups in total. The summed E-state index contributed by atoms with van der Waals surface area (Å²) in [5.74, 6) is -1.17. The number of aliphatic hydroxyl groups is 1. The predicted molar refractivity (Wildman–Crippen MR) is 96.7 cm³/mol. The van der Waals surface area contributed by atoms with Gasteiger partial charge in [0.15, 0.2) is 0 Å². The summed E-state index contributed by atoms with van der Waals surface area (Å²) in [5.41, 5.74) is 4.53. The Labute approximate surface area is 149 Å². The molecule has 0 heterocycles. The van der Waals surface area contributed by atoms with Crippen molar-refractivity contribution in [1.29, 1.82) is 5.26 Å². The highest BCUT2D eigenvalue weighted by Gasteiger charge is 1.91. The number of nitrogens with two attached hydrogens (primary N) is 1. The molecule has 8 heteroatoms. The molecule has 140 valence electrons.